The van der Waals surface area contributed by atoms with Gasteiger partial charge >= 0.3 is 5.51 Å². The van der Waals surface area contributed by atoms with Crippen LogP contribution in [-0.2, 0) is 5.41 Å². The Bertz CT molecular complexity index is 408. The van der Waals surface area contributed by atoms with Crippen molar-refractivity contribution < 1.29 is 13.2 Å². The van der Waals surface area contributed by atoms with Gasteiger partial charge in [0.25, 0.3) is 0 Å². The second kappa shape index (κ2) is 7.57. The van der Waals surface area contributed by atoms with Gasteiger partial charge in [0.15, 0.2) is 0 Å². The minimum absolute atomic E-state index is 0.0154. The standard InChI is InChI=1S/C12H12Br2ClF3S/c13-7-11(8-14,4-5-19-12(16,17)18)9-2-1-3-10(15)6-9/h1-3,6H,4-5,7-8H2. The lowest BCUT2D eigenvalue weighted by atomic mass is 9.82. The molecule has 1 rings (SSSR count). The molecule has 0 heterocycles. The molecule has 1 aromatic rings. The van der Waals surface area contributed by atoms with E-state index < -0.39 is 5.51 Å². The molecular formula is C12H12Br2ClF3S. The van der Waals surface area contributed by atoms with Gasteiger partial charge in [-0.2, -0.15) is 13.2 Å². The van der Waals surface area contributed by atoms with E-state index in [4.69, 9.17) is 11.6 Å². The summed E-state index contributed by atoms with van der Waals surface area (Å²) in [5.74, 6) is 0.0210. The van der Waals surface area contributed by atoms with Crippen molar-refractivity contribution in [2.24, 2.45) is 0 Å². The average molecular weight is 441 g/mol. The third-order valence-electron chi connectivity index (χ3n) is 2.79. The Hall–Kier alpha value is 0.610. The molecule has 0 aliphatic carbocycles. The maximum atomic E-state index is 12.2. The predicted octanol–water partition coefficient (Wildman–Crippen LogP) is 6.01. The fourth-order valence-electron chi connectivity index (χ4n) is 1.65. The van der Waals surface area contributed by atoms with E-state index in [-0.39, 0.29) is 22.9 Å². The van der Waals surface area contributed by atoms with Crippen LogP contribution in [0.3, 0.4) is 0 Å². The topological polar surface area (TPSA) is 0 Å². The molecule has 0 aliphatic rings. The molecule has 0 atom stereocenters. The first-order chi connectivity index (χ1) is 8.83. The highest BCUT2D eigenvalue weighted by Crippen LogP contribution is 2.38. The first-order valence-electron chi connectivity index (χ1n) is 5.42. The van der Waals surface area contributed by atoms with Crippen molar-refractivity contribution >= 4 is 55.2 Å². The fraction of sp³-hybridized carbons (Fsp3) is 0.500. The van der Waals surface area contributed by atoms with Crippen LogP contribution in [0.15, 0.2) is 24.3 Å². The molecule has 0 fully saturated rings. The number of benzene rings is 1. The molecule has 0 aromatic heterocycles. The molecule has 19 heavy (non-hydrogen) atoms. The first-order valence-corrected chi connectivity index (χ1v) is 9.02. The summed E-state index contributed by atoms with van der Waals surface area (Å²) in [6.45, 7) is 0. The lowest BCUT2D eigenvalue weighted by Gasteiger charge is -2.31. The molecule has 0 unspecified atom stereocenters. The van der Waals surface area contributed by atoms with Gasteiger partial charge in [-0.25, -0.2) is 0 Å². The van der Waals surface area contributed by atoms with Crippen molar-refractivity contribution in [3.63, 3.8) is 0 Å². The van der Waals surface area contributed by atoms with Crippen molar-refractivity contribution in [3.8, 4) is 0 Å². The van der Waals surface area contributed by atoms with Crippen molar-refractivity contribution in [1.82, 2.24) is 0 Å². The van der Waals surface area contributed by atoms with Gasteiger partial charge in [0, 0.05) is 26.9 Å². The summed E-state index contributed by atoms with van der Waals surface area (Å²) in [7, 11) is 0. The zero-order valence-corrected chi connectivity index (χ0v) is 14.6. The SMILES string of the molecule is FC(F)(F)SCCC(CBr)(CBr)c1cccc(Cl)c1. The molecule has 0 N–H and O–H groups in total. The van der Waals surface area contributed by atoms with Crippen LogP contribution in [0.5, 0.6) is 0 Å². The first kappa shape index (κ1) is 17.7. The smallest absolute Gasteiger partial charge is 0.160 e. The molecule has 108 valence electrons. The van der Waals surface area contributed by atoms with Crippen LogP contribution in [0.25, 0.3) is 0 Å². The highest BCUT2D eigenvalue weighted by atomic mass is 79.9. The Balaban J connectivity index is 2.85. The van der Waals surface area contributed by atoms with Crippen molar-refractivity contribution in [2.75, 3.05) is 16.4 Å². The zero-order chi connectivity index (χ0) is 14.5. The molecule has 0 nitrogen and oxygen atoms in total. The van der Waals surface area contributed by atoms with Crippen LogP contribution in [-0.4, -0.2) is 21.9 Å². The number of hydrogen-bond acceptors (Lipinski definition) is 1. The van der Waals surface area contributed by atoms with Crippen LogP contribution in [0.1, 0.15) is 12.0 Å². The summed E-state index contributed by atoms with van der Waals surface area (Å²) in [6, 6.07) is 7.27. The molecule has 0 saturated heterocycles. The van der Waals surface area contributed by atoms with E-state index in [2.05, 4.69) is 31.9 Å². The van der Waals surface area contributed by atoms with Gasteiger partial charge in [0.1, 0.15) is 0 Å². The number of alkyl halides is 5. The number of halogens is 6. The van der Waals surface area contributed by atoms with Crippen molar-refractivity contribution in [3.05, 3.63) is 34.9 Å². The maximum absolute atomic E-state index is 12.2. The Kier molecular flexibility index (Phi) is 7.04. The molecule has 0 aliphatic heterocycles. The third kappa shape index (κ3) is 5.48. The highest BCUT2D eigenvalue weighted by molar-refractivity contribution is 9.09. The van der Waals surface area contributed by atoms with E-state index in [1.807, 2.05) is 18.2 Å². The summed E-state index contributed by atoms with van der Waals surface area (Å²) in [6.07, 6.45) is 0.411. The fourth-order valence-corrected chi connectivity index (χ4v) is 4.70. The molecule has 0 spiro atoms. The van der Waals surface area contributed by atoms with Crippen LogP contribution < -0.4 is 0 Å². The van der Waals surface area contributed by atoms with Crippen LogP contribution in [0.2, 0.25) is 5.02 Å². The summed E-state index contributed by atoms with van der Waals surface area (Å²) in [5.41, 5.74) is -3.63. The Morgan fingerprint density at radius 1 is 1.16 bits per heavy atom. The quantitative estimate of drug-likeness (QED) is 0.488. The highest BCUT2D eigenvalue weighted by Gasteiger charge is 2.33. The molecule has 0 amide bonds. The average Bonchev–Trinajstić information content (AvgIpc) is 2.34. The van der Waals surface area contributed by atoms with Gasteiger partial charge in [0.05, 0.1) is 0 Å². The summed E-state index contributed by atoms with van der Waals surface area (Å²) in [4.78, 5) is 0. The van der Waals surface area contributed by atoms with Crippen molar-refractivity contribution in [1.29, 1.82) is 0 Å². The molecule has 0 radical (unpaired) electrons. The minimum Gasteiger partial charge on any atom is -0.160 e. The zero-order valence-electron chi connectivity index (χ0n) is 9.81. The second-order valence-electron chi connectivity index (χ2n) is 4.10. The lowest BCUT2D eigenvalue weighted by molar-refractivity contribution is -0.0328. The normalized spacial score (nSPS) is 12.7. The predicted molar refractivity (Wildman–Crippen MR) is 83.8 cm³/mol. The van der Waals surface area contributed by atoms with E-state index >= 15 is 0 Å². The number of hydrogen-bond donors (Lipinski definition) is 0. The third-order valence-corrected chi connectivity index (χ3v) is 5.91. The van der Waals surface area contributed by atoms with Gasteiger partial charge in [0.2, 0.25) is 0 Å². The van der Waals surface area contributed by atoms with Gasteiger partial charge in [-0.05, 0) is 24.1 Å². The van der Waals surface area contributed by atoms with E-state index in [0.717, 1.165) is 5.56 Å². The second-order valence-corrected chi connectivity index (χ2v) is 6.82. The molecule has 7 heteroatoms. The van der Waals surface area contributed by atoms with Crippen LogP contribution in [0, 0.1) is 0 Å². The molecule has 0 saturated carbocycles. The largest absolute Gasteiger partial charge is 0.441 e. The van der Waals surface area contributed by atoms with Gasteiger partial charge in [-0.1, -0.05) is 67.4 Å². The van der Waals surface area contributed by atoms with Gasteiger partial charge in [-0.3, -0.25) is 0 Å². The molecular weight excluding hydrogens is 428 g/mol. The van der Waals surface area contributed by atoms with Crippen LogP contribution >= 0.6 is 55.2 Å². The number of rotatable bonds is 6. The summed E-state index contributed by atoms with van der Waals surface area (Å²) in [5, 5.41) is 1.74. The van der Waals surface area contributed by atoms with E-state index in [1.165, 1.54) is 0 Å². The lowest BCUT2D eigenvalue weighted by Crippen LogP contribution is -2.31. The molecule has 1 aromatic carbocycles. The monoisotopic (exact) mass is 438 g/mol. The van der Waals surface area contributed by atoms with Gasteiger partial charge in [-0.15, -0.1) is 0 Å². The Morgan fingerprint density at radius 3 is 2.26 bits per heavy atom. The summed E-state index contributed by atoms with van der Waals surface area (Å²) >= 11 is 12.8. The van der Waals surface area contributed by atoms with Gasteiger partial charge < -0.3 is 0 Å². The van der Waals surface area contributed by atoms with Crippen LogP contribution in [0.4, 0.5) is 13.2 Å². The van der Waals surface area contributed by atoms with E-state index in [1.54, 1.807) is 6.07 Å². The number of thioether (sulfide) groups is 1. The Morgan fingerprint density at radius 2 is 1.79 bits per heavy atom. The minimum atomic E-state index is -4.18. The van der Waals surface area contributed by atoms with E-state index in [9.17, 15) is 13.2 Å². The molecule has 0 bridgehead atoms. The summed E-state index contributed by atoms with van der Waals surface area (Å²) < 4.78 is 36.7. The van der Waals surface area contributed by atoms with E-state index in [0.29, 0.717) is 22.1 Å². The maximum Gasteiger partial charge on any atom is 0.441 e. The van der Waals surface area contributed by atoms with Crippen molar-refractivity contribution in [2.45, 2.75) is 17.3 Å². The Labute approximate surface area is 136 Å².